The number of aliphatic hydroxyl groups is 3. The second kappa shape index (κ2) is 25.1. The van der Waals surface area contributed by atoms with Crippen LogP contribution in [0.4, 0.5) is 0 Å². The molecular formula is C51H79NO13. The number of rotatable bonds is 6. The number of aliphatic hydroxyl groups excluding tert-OH is 2. The molecule has 4 rings (SSSR count). The Balaban J connectivity index is 1.70. The topological polar surface area (TPSA) is 195 Å². The fourth-order valence-corrected chi connectivity index (χ4v) is 10.1. The summed E-state index contributed by atoms with van der Waals surface area (Å²) in [6, 6.07) is -1.14. The number of carbonyl (C=O) groups excluding carboxylic acids is 5. The van der Waals surface area contributed by atoms with Crippen molar-refractivity contribution in [3.05, 3.63) is 47.6 Å². The number of esters is 1. The molecule has 7 unspecified atom stereocenters. The normalized spacial score (nSPS) is 40.4. The molecule has 0 spiro atoms. The van der Waals surface area contributed by atoms with Crippen LogP contribution in [-0.4, -0.2) is 132 Å². The highest BCUT2D eigenvalue weighted by molar-refractivity contribution is 6.39. The van der Waals surface area contributed by atoms with E-state index in [2.05, 4.69) is 0 Å². The lowest BCUT2D eigenvalue weighted by molar-refractivity contribution is -0.265. The zero-order valence-electron chi connectivity index (χ0n) is 40.6. The van der Waals surface area contributed by atoms with Crippen LogP contribution in [0.1, 0.15) is 126 Å². The van der Waals surface area contributed by atoms with Crippen LogP contribution in [0.15, 0.2) is 47.6 Å². The molecule has 0 radical (unpaired) electrons. The number of hydrogen-bond donors (Lipinski definition) is 3. The number of hydrogen-bond acceptors (Lipinski definition) is 13. The first kappa shape index (κ1) is 54.2. The van der Waals surface area contributed by atoms with Gasteiger partial charge in [-0.1, -0.05) is 71.1 Å². The summed E-state index contributed by atoms with van der Waals surface area (Å²) in [5, 5.41) is 33.8. The van der Waals surface area contributed by atoms with Crippen molar-refractivity contribution >= 4 is 29.2 Å². The monoisotopic (exact) mass is 914 g/mol. The van der Waals surface area contributed by atoms with Gasteiger partial charge in [0.05, 0.1) is 24.4 Å². The summed E-state index contributed by atoms with van der Waals surface area (Å²) < 4.78 is 29.4. The Bertz CT molecular complexity index is 1760. The standard InChI is InChI=1S/C51H79NO13/c1-30-16-12-11-13-17-31(2)42(61-8)28-38-21-19-36(7)51(60,65-38)48(57)49(58)52-23-15-14-18-39(52)50(59)64-43(33(4)26-37-20-22-40(53)44(27-37)62-9)29-41(54)32(3)25-35(6)46(56)47(63-10)45(55)34(5)24-30/h11-13,16-17,25,30,32-34,36-40,42-44,46-47,53,56,60H,14-15,18-24,26-29H2,1-10H3/b13-11+,16-12+,31-17+,35-25+/t30?,32?,33-,34-,36-,37+,38?,39+,40?,42?,43?,44-,46-,47?,51-/m1/s1. The van der Waals surface area contributed by atoms with Crippen LogP contribution in [0.25, 0.3) is 0 Å². The average molecular weight is 914 g/mol. The highest BCUT2D eigenvalue weighted by atomic mass is 16.6. The van der Waals surface area contributed by atoms with Gasteiger partial charge >= 0.3 is 5.97 Å². The van der Waals surface area contributed by atoms with Gasteiger partial charge in [0.1, 0.15) is 30.1 Å². The summed E-state index contributed by atoms with van der Waals surface area (Å²) in [4.78, 5) is 71.8. The van der Waals surface area contributed by atoms with Crippen LogP contribution in [0.5, 0.6) is 0 Å². The predicted octanol–water partition coefficient (Wildman–Crippen LogP) is 6.18. The van der Waals surface area contributed by atoms with Crippen molar-refractivity contribution in [2.24, 2.45) is 35.5 Å². The second-order valence-electron chi connectivity index (χ2n) is 19.6. The quantitative estimate of drug-likeness (QED) is 0.156. The molecule has 0 aromatic heterocycles. The van der Waals surface area contributed by atoms with Gasteiger partial charge in [-0.05, 0) is 107 Å². The van der Waals surface area contributed by atoms with Gasteiger partial charge in [-0.2, -0.15) is 0 Å². The van der Waals surface area contributed by atoms with Gasteiger partial charge < -0.3 is 43.9 Å². The molecule has 14 heteroatoms. The van der Waals surface area contributed by atoms with Crippen molar-refractivity contribution in [3.8, 4) is 0 Å². The Morgan fingerprint density at radius 1 is 0.846 bits per heavy atom. The Morgan fingerprint density at radius 2 is 1.57 bits per heavy atom. The third-order valence-corrected chi connectivity index (χ3v) is 14.5. The predicted molar refractivity (Wildman–Crippen MR) is 245 cm³/mol. The number of ether oxygens (including phenoxy) is 5. The summed E-state index contributed by atoms with van der Waals surface area (Å²) in [6.45, 7) is 12.7. The van der Waals surface area contributed by atoms with Gasteiger partial charge in [0.2, 0.25) is 5.79 Å². The molecule has 3 aliphatic heterocycles. The third kappa shape index (κ3) is 14.3. The minimum Gasteiger partial charge on any atom is -0.460 e. The number of methoxy groups -OCH3 is 3. The van der Waals surface area contributed by atoms with E-state index >= 15 is 0 Å². The van der Waals surface area contributed by atoms with Gasteiger partial charge in [0, 0.05) is 58.5 Å². The van der Waals surface area contributed by atoms with Gasteiger partial charge in [0.25, 0.3) is 11.7 Å². The van der Waals surface area contributed by atoms with Gasteiger partial charge in [-0.25, -0.2) is 4.79 Å². The van der Waals surface area contributed by atoms with E-state index < -0.39 is 83.9 Å². The van der Waals surface area contributed by atoms with Crippen LogP contribution >= 0.6 is 0 Å². The molecule has 0 aromatic rings. The molecule has 3 fully saturated rings. The number of nitrogens with zero attached hydrogens (tertiary/aromatic N) is 1. The number of piperidine rings is 1. The van der Waals surface area contributed by atoms with Crippen LogP contribution in [0, 0.1) is 35.5 Å². The van der Waals surface area contributed by atoms with E-state index in [-0.39, 0.29) is 54.8 Å². The highest BCUT2D eigenvalue weighted by Gasteiger charge is 2.53. The zero-order valence-corrected chi connectivity index (χ0v) is 40.6. The van der Waals surface area contributed by atoms with E-state index in [0.717, 1.165) is 12.0 Å². The molecule has 3 heterocycles. The summed E-state index contributed by atoms with van der Waals surface area (Å²) in [5.74, 6) is -7.96. The Labute approximate surface area is 387 Å². The molecular weight excluding hydrogens is 835 g/mol. The summed E-state index contributed by atoms with van der Waals surface area (Å²) >= 11 is 0. The van der Waals surface area contributed by atoms with Gasteiger partial charge in [-0.15, -0.1) is 0 Å². The summed E-state index contributed by atoms with van der Waals surface area (Å²) in [7, 11) is 4.52. The molecule has 1 aliphatic carbocycles. The van der Waals surface area contributed by atoms with Crippen molar-refractivity contribution in [2.75, 3.05) is 27.9 Å². The molecule has 3 N–H and O–H groups in total. The Hall–Kier alpha value is -3.37. The van der Waals surface area contributed by atoms with Crippen molar-refractivity contribution in [2.45, 2.75) is 180 Å². The van der Waals surface area contributed by atoms with Crippen molar-refractivity contribution in [1.29, 1.82) is 0 Å². The fourth-order valence-electron chi connectivity index (χ4n) is 10.1. The van der Waals surface area contributed by atoms with Crippen molar-refractivity contribution in [1.82, 2.24) is 4.90 Å². The number of amides is 1. The smallest absolute Gasteiger partial charge is 0.329 e. The average Bonchev–Trinajstić information content (AvgIpc) is 3.28. The van der Waals surface area contributed by atoms with Gasteiger partial charge in [-0.3, -0.25) is 19.2 Å². The maximum atomic E-state index is 14.4. The van der Waals surface area contributed by atoms with E-state index in [4.69, 9.17) is 23.7 Å². The lowest BCUT2D eigenvalue weighted by Gasteiger charge is -2.42. The maximum absolute atomic E-state index is 14.4. The van der Waals surface area contributed by atoms with Crippen LogP contribution in [-0.2, 0) is 47.7 Å². The van der Waals surface area contributed by atoms with Crippen LogP contribution in [0.2, 0.25) is 0 Å². The molecule has 1 saturated carbocycles. The zero-order chi connectivity index (χ0) is 48.2. The SMILES string of the molecule is COC1CC2CC[C@@H](C)[C@@](O)(O2)C(=O)C(=O)N2CCCC[C@H]2C(=O)OC([C@H](C)C[C@@H]2CCC(O)[C@H](OC)C2)CC(=O)C(C)/C=C(\C)[C@@H](O)C(OC)C(=O)[C@H](C)CC(C)/C=C/C=C/C=C/1C. The molecule has 0 aromatic carbocycles. The molecule has 1 amide bonds. The molecule has 4 aliphatic rings. The van der Waals surface area contributed by atoms with E-state index in [0.29, 0.717) is 63.4 Å². The number of cyclic esters (lactones) is 1. The lowest BCUT2D eigenvalue weighted by atomic mass is 9.78. The van der Waals surface area contributed by atoms with E-state index in [1.165, 1.54) is 12.0 Å². The largest absolute Gasteiger partial charge is 0.460 e. The van der Waals surface area contributed by atoms with E-state index in [1.54, 1.807) is 41.1 Å². The number of Topliss-reactive ketones (excluding diaryl/α,β-unsaturated/α-hetero) is 3. The molecule has 2 bridgehead atoms. The Morgan fingerprint density at radius 3 is 2.25 bits per heavy atom. The molecule has 366 valence electrons. The van der Waals surface area contributed by atoms with E-state index in [9.17, 15) is 39.3 Å². The maximum Gasteiger partial charge on any atom is 0.329 e. The minimum absolute atomic E-state index is 0.0193. The van der Waals surface area contributed by atoms with Gasteiger partial charge in [0.15, 0.2) is 5.78 Å². The van der Waals surface area contributed by atoms with Crippen LogP contribution in [0.3, 0.4) is 0 Å². The van der Waals surface area contributed by atoms with E-state index in [1.807, 2.05) is 58.1 Å². The number of allylic oxidation sites excluding steroid dienone is 6. The lowest BCUT2D eigenvalue weighted by Crippen LogP contribution is -2.61. The first-order chi connectivity index (χ1) is 30.7. The summed E-state index contributed by atoms with van der Waals surface area (Å²) in [6.07, 6.45) is 11.2. The Kier molecular flexibility index (Phi) is 21.0. The molecule has 15 atom stereocenters. The molecule has 14 nitrogen and oxygen atoms in total. The number of fused-ring (bicyclic) bond motifs is 3. The second-order valence-corrected chi connectivity index (χ2v) is 19.6. The minimum atomic E-state index is -2.43. The molecule has 65 heavy (non-hydrogen) atoms. The number of carbonyl (C=O) groups is 5. The van der Waals surface area contributed by atoms with Crippen molar-refractivity contribution in [3.63, 3.8) is 0 Å². The first-order valence-electron chi connectivity index (χ1n) is 23.9. The van der Waals surface area contributed by atoms with Crippen LogP contribution < -0.4 is 0 Å². The highest BCUT2D eigenvalue weighted by Crippen LogP contribution is 2.38. The number of ketones is 3. The molecule has 2 saturated heterocycles. The summed E-state index contributed by atoms with van der Waals surface area (Å²) in [5.41, 5.74) is 1.27. The third-order valence-electron chi connectivity index (χ3n) is 14.5. The van der Waals surface area contributed by atoms with Crippen molar-refractivity contribution < 1.29 is 63.0 Å². The fraction of sp³-hybridized carbons (Fsp3) is 0.745. The first-order valence-corrected chi connectivity index (χ1v) is 23.9.